The van der Waals surface area contributed by atoms with E-state index in [0.29, 0.717) is 26.1 Å². The highest BCUT2D eigenvalue weighted by molar-refractivity contribution is 6.19. The lowest BCUT2D eigenvalue weighted by molar-refractivity contribution is -0.137. The number of nitrogens with two attached hydrogens (primary N) is 2. The first-order chi connectivity index (χ1) is 12.8. The van der Waals surface area contributed by atoms with Gasteiger partial charge in [0.15, 0.2) is 6.61 Å². The van der Waals surface area contributed by atoms with Crippen LogP contribution in [0.25, 0.3) is 0 Å². The van der Waals surface area contributed by atoms with Gasteiger partial charge in [0.2, 0.25) is 5.78 Å². The van der Waals surface area contributed by atoms with Gasteiger partial charge < -0.3 is 20.9 Å². The van der Waals surface area contributed by atoms with Crippen LogP contribution < -0.4 is 11.5 Å². The van der Waals surface area contributed by atoms with E-state index in [1.165, 1.54) is 6.92 Å². The van der Waals surface area contributed by atoms with Crippen LogP contribution in [-0.4, -0.2) is 43.5 Å². The predicted molar refractivity (Wildman–Crippen MR) is 94.0 cm³/mol. The van der Waals surface area contributed by atoms with Crippen LogP contribution in [0, 0.1) is 11.6 Å². The molecule has 1 aromatic rings. The Kier molecular flexibility index (Phi) is 7.00. The van der Waals surface area contributed by atoms with Crippen molar-refractivity contribution in [2.45, 2.75) is 25.8 Å². The second-order valence-corrected chi connectivity index (χ2v) is 6.01. The fraction of sp³-hybridized carbons (Fsp3) is 0.389. The average molecular weight is 381 g/mol. The third kappa shape index (κ3) is 5.33. The van der Waals surface area contributed by atoms with Crippen molar-refractivity contribution in [3.05, 3.63) is 46.7 Å². The molecule has 7 nitrogen and oxygen atoms in total. The van der Waals surface area contributed by atoms with Crippen LogP contribution in [0.5, 0.6) is 0 Å². The van der Waals surface area contributed by atoms with E-state index in [4.69, 9.17) is 20.9 Å². The Labute approximate surface area is 155 Å². The maximum absolute atomic E-state index is 13.6. The van der Waals surface area contributed by atoms with Crippen molar-refractivity contribution < 1.29 is 27.8 Å². The van der Waals surface area contributed by atoms with Gasteiger partial charge in [0.1, 0.15) is 23.0 Å². The lowest BCUT2D eigenvalue weighted by atomic mass is 10.1. The van der Waals surface area contributed by atoms with E-state index >= 15 is 0 Å². The van der Waals surface area contributed by atoms with Gasteiger partial charge in [0, 0.05) is 18.9 Å². The number of carbonyl (C=O) groups is 2. The SMILES string of the molecule is C/C(N)=C(\C(=O)OCC(=O)c1c(F)cccc1F)C(N)=NC1CCOCC1. The van der Waals surface area contributed by atoms with Crippen molar-refractivity contribution in [1.29, 1.82) is 0 Å². The minimum absolute atomic E-state index is 0.0535. The standard InChI is InChI=1S/C18H21F2N3O4/c1-10(21)15(17(22)23-11-5-7-26-8-6-11)18(25)27-9-14(24)16-12(19)3-2-4-13(16)20/h2-4,11H,5-9,21H2,1H3,(H2,22,23)/b15-10+. The molecule has 0 spiro atoms. The van der Waals surface area contributed by atoms with E-state index in [1.54, 1.807) is 0 Å². The molecular formula is C18H21F2N3O4. The average Bonchev–Trinajstić information content (AvgIpc) is 2.60. The Balaban J connectivity index is 2.08. The van der Waals surface area contributed by atoms with Crippen molar-refractivity contribution in [1.82, 2.24) is 0 Å². The molecule has 0 unspecified atom stereocenters. The number of nitrogens with zero attached hydrogens (tertiary/aromatic N) is 1. The fourth-order valence-corrected chi connectivity index (χ4v) is 2.58. The monoisotopic (exact) mass is 381 g/mol. The summed E-state index contributed by atoms with van der Waals surface area (Å²) in [7, 11) is 0. The van der Waals surface area contributed by atoms with Gasteiger partial charge >= 0.3 is 5.97 Å². The smallest absolute Gasteiger partial charge is 0.344 e. The summed E-state index contributed by atoms with van der Waals surface area (Å²) in [6.07, 6.45) is 1.30. The predicted octanol–water partition coefficient (Wildman–Crippen LogP) is 1.46. The lowest BCUT2D eigenvalue weighted by Crippen LogP contribution is -2.30. The Morgan fingerprint density at radius 2 is 1.81 bits per heavy atom. The van der Waals surface area contributed by atoms with Crippen molar-refractivity contribution in [2.24, 2.45) is 16.5 Å². The molecule has 1 aliphatic heterocycles. The number of aliphatic imine (C=N–C) groups is 1. The highest BCUT2D eigenvalue weighted by Gasteiger charge is 2.23. The summed E-state index contributed by atoms with van der Waals surface area (Å²) in [5.74, 6) is -4.21. The Hall–Kier alpha value is -2.81. The van der Waals surface area contributed by atoms with Gasteiger partial charge in [-0.1, -0.05) is 6.07 Å². The molecule has 27 heavy (non-hydrogen) atoms. The number of halogens is 2. The van der Waals surface area contributed by atoms with Crippen LogP contribution >= 0.6 is 0 Å². The zero-order valence-electron chi connectivity index (χ0n) is 14.8. The Morgan fingerprint density at radius 3 is 2.37 bits per heavy atom. The fourth-order valence-electron chi connectivity index (χ4n) is 2.58. The molecular weight excluding hydrogens is 360 g/mol. The highest BCUT2D eigenvalue weighted by atomic mass is 19.1. The summed E-state index contributed by atoms with van der Waals surface area (Å²) in [6.45, 7) is 1.64. The van der Waals surface area contributed by atoms with Gasteiger partial charge in [0.05, 0.1) is 11.6 Å². The number of carbonyl (C=O) groups excluding carboxylic acids is 2. The number of rotatable bonds is 6. The summed E-state index contributed by atoms with van der Waals surface area (Å²) >= 11 is 0. The molecule has 2 rings (SSSR count). The van der Waals surface area contributed by atoms with Crippen LogP contribution in [0.15, 0.2) is 34.5 Å². The van der Waals surface area contributed by atoms with E-state index in [1.807, 2.05) is 0 Å². The third-order valence-corrected chi connectivity index (χ3v) is 3.94. The van der Waals surface area contributed by atoms with Gasteiger partial charge in [-0.15, -0.1) is 0 Å². The van der Waals surface area contributed by atoms with Crippen LogP contribution in [-0.2, 0) is 14.3 Å². The molecule has 0 amide bonds. The van der Waals surface area contributed by atoms with Gasteiger partial charge in [-0.05, 0) is 31.9 Å². The number of benzene rings is 1. The first kappa shape index (κ1) is 20.5. The first-order valence-corrected chi connectivity index (χ1v) is 8.33. The summed E-state index contributed by atoms with van der Waals surface area (Å²) in [5, 5.41) is 0. The largest absolute Gasteiger partial charge is 0.454 e. The topological polar surface area (TPSA) is 117 Å². The zero-order chi connectivity index (χ0) is 20.0. The molecule has 9 heteroatoms. The summed E-state index contributed by atoms with van der Waals surface area (Å²) in [6, 6.07) is 2.88. The van der Waals surface area contributed by atoms with E-state index in [-0.39, 0.29) is 23.1 Å². The number of esters is 1. The quantitative estimate of drug-likeness (QED) is 0.253. The molecule has 146 valence electrons. The molecule has 4 N–H and O–H groups in total. The molecule has 1 saturated heterocycles. The minimum Gasteiger partial charge on any atom is -0.454 e. The molecule has 0 aromatic heterocycles. The maximum Gasteiger partial charge on any atom is 0.344 e. The summed E-state index contributed by atoms with van der Waals surface area (Å²) < 4.78 is 37.3. The molecule has 0 radical (unpaired) electrons. The molecule has 1 aliphatic rings. The second-order valence-electron chi connectivity index (χ2n) is 6.01. The van der Waals surface area contributed by atoms with Gasteiger partial charge in [-0.2, -0.15) is 0 Å². The summed E-state index contributed by atoms with van der Waals surface area (Å²) in [5.41, 5.74) is 10.7. The number of hydrogen-bond donors (Lipinski definition) is 2. The van der Waals surface area contributed by atoms with Crippen LogP contribution in [0.4, 0.5) is 8.78 Å². The van der Waals surface area contributed by atoms with Gasteiger partial charge in [-0.25, -0.2) is 13.6 Å². The molecule has 0 atom stereocenters. The molecule has 1 fully saturated rings. The molecule has 1 heterocycles. The van der Waals surface area contributed by atoms with Crippen LogP contribution in [0.2, 0.25) is 0 Å². The normalized spacial score (nSPS) is 16.6. The van der Waals surface area contributed by atoms with Crippen molar-refractivity contribution in [2.75, 3.05) is 19.8 Å². The highest BCUT2D eigenvalue weighted by Crippen LogP contribution is 2.15. The number of ether oxygens (including phenoxy) is 2. The van der Waals surface area contributed by atoms with E-state index in [0.717, 1.165) is 18.2 Å². The van der Waals surface area contributed by atoms with Crippen molar-refractivity contribution in [3.8, 4) is 0 Å². The van der Waals surface area contributed by atoms with Gasteiger partial charge in [-0.3, -0.25) is 9.79 Å². The number of allylic oxidation sites excluding steroid dienone is 1. The molecule has 0 saturated carbocycles. The molecule has 1 aromatic carbocycles. The van der Waals surface area contributed by atoms with E-state index in [9.17, 15) is 18.4 Å². The zero-order valence-corrected chi connectivity index (χ0v) is 14.8. The minimum atomic E-state index is -1.04. The van der Waals surface area contributed by atoms with Crippen molar-refractivity contribution >= 4 is 17.6 Å². The third-order valence-electron chi connectivity index (χ3n) is 3.94. The molecule has 0 aliphatic carbocycles. The van der Waals surface area contributed by atoms with Crippen LogP contribution in [0.3, 0.4) is 0 Å². The molecule has 0 bridgehead atoms. The Morgan fingerprint density at radius 1 is 1.22 bits per heavy atom. The lowest BCUT2D eigenvalue weighted by Gasteiger charge is -2.19. The van der Waals surface area contributed by atoms with E-state index < -0.39 is 35.6 Å². The number of Topliss-reactive ketones (excluding diaryl/α,β-unsaturated/α-hetero) is 1. The number of ketones is 1. The van der Waals surface area contributed by atoms with E-state index in [2.05, 4.69) is 4.99 Å². The number of amidine groups is 1. The van der Waals surface area contributed by atoms with Gasteiger partial charge in [0.25, 0.3) is 0 Å². The maximum atomic E-state index is 13.6. The van der Waals surface area contributed by atoms with Crippen molar-refractivity contribution in [3.63, 3.8) is 0 Å². The Bertz CT molecular complexity index is 763. The second kappa shape index (κ2) is 9.22. The first-order valence-electron chi connectivity index (χ1n) is 8.33. The number of hydrogen-bond acceptors (Lipinski definition) is 6. The van der Waals surface area contributed by atoms with Crippen LogP contribution in [0.1, 0.15) is 30.1 Å². The summed E-state index contributed by atoms with van der Waals surface area (Å²) in [4.78, 5) is 28.5.